The maximum atomic E-state index is 13.2. The molecule has 0 saturated heterocycles. The van der Waals surface area contributed by atoms with Crippen LogP contribution in [0.5, 0.6) is 0 Å². The van der Waals surface area contributed by atoms with Crippen LogP contribution in [0.1, 0.15) is 37.7 Å². The van der Waals surface area contributed by atoms with Crippen molar-refractivity contribution in [3.8, 4) is 0 Å². The molecular formula is C24H35N5O8S. The van der Waals surface area contributed by atoms with Gasteiger partial charge in [0.25, 0.3) is 0 Å². The molecule has 0 aliphatic carbocycles. The molecule has 4 amide bonds. The Morgan fingerprint density at radius 2 is 1.37 bits per heavy atom. The zero-order chi connectivity index (χ0) is 28.7. The Morgan fingerprint density at radius 3 is 1.92 bits per heavy atom. The van der Waals surface area contributed by atoms with Crippen molar-refractivity contribution < 1.29 is 39.0 Å². The molecule has 14 heteroatoms. The summed E-state index contributed by atoms with van der Waals surface area (Å²) in [5, 5.41) is 25.6. The molecule has 0 aliphatic rings. The van der Waals surface area contributed by atoms with Gasteiger partial charge in [-0.25, -0.2) is 4.79 Å². The highest BCUT2D eigenvalue weighted by molar-refractivity contribution is 7.98. The van der Waals surface area contributed by atoms with Gasteiger partial charge in [-0.05, 0) is 36.8 Å². The zero-order valence-electron chi connectivity index (χ0n) is 21.1. The minimum Gasteiger partial charge on any atom is -0.481 e. The first-order valence-electron chi connectivity index (χ1n) is 11.9. The van der Waals surface area contributed by atoms with Crippen molar-refractivity contribution in [1.82, 2.24) is 16.0 Å². The maximum absolute atomic E-state index is 13.2. The molecule has 0 heterocycles. The lowest BCUT2D eigenvalue weighted by Gasteiger charge is -2.25. The zero-order valence-corrected chi connectivity index (χ0v) is 21.9. The average molecular weight is 554 g/mol. The number of primary amides is 1. The molecule has 0 radical (unpaired) electrons. The summed E-state index contributed by atoms with van der Waals surface area (Å²) in [7, 11) is 0. The van der Waals surface area contributed by atoms with Crippen molar-refractivity contribution in [3.05, 3.63) is 35.9 Å². The number of nitrogens with one attached hydrogen (secondary N) is 3. The highest BCUT2D eigenvalue weighted by atomic mass is 32.2. The molecule has 1 rings (SSSR count). The van der Waals surface area contributed by atoms with Gasteiger partial charge in [-0.15, -0.1) is 0 Å². The lowest BCUT2D eigenvalue weighted by Crippen LogP contribution is -2.57. The molecule has 0 spiro atoms. The second kappa shape index (κ2) is 17.0. The van der Waals surface area contributed by atoms with E-state index in [0.29, 0.717) is 17.7 Å². The summed E-state index contributed by atoms with van der Waals surface area (Å²) in [6.07, 6.45) is 0.916. The Hall–Kier alpha value is -3.65. The van der Waals surface area contributed by atoms with E-state index in [1.54, 1.807) is 30.3 Å². The van der Waals surface area contributed by atoms with Gasteiger partial charge in [0.1, 0.15) is 18.1 Å². The summed E-state index contributed by atoms with van der Waals surface area (Å²) < 4.78 is 0. The van der Waals surface area contributed by atoms with E-state index in [9.17, 15) is 33.9 Å². The summed E-state index contributed by atoms with van der Waals surface area (Å²) in [6, 6.07) is 3.63. The number of benzene rings is 1. The standard InChI is InChI=1S/C24H35N5O8S/c1-38-12-11-15(25)21(33)27-16(7-9-19(26)30)22(34)29-18(13-14-5-3-2-4-6-14)23(35)28-17(24(36)37)8-10-20(31)32/h2-6,15-18H,7-13,25H2,1H3,(H2,26,30)(H,27,33)(H,28,35)(H,29,34)(H,31,32)(H,36,37). The van der Waals surface area contributed by atoms with Crippen molar-refractivity contribution in [1.29, 1.82) is 0 Å². The molecule has 4 unspecified atom stereocenters. The van der Waals surface area contributed by atoms with Crippen LogP contribution in [0.25, 0.3) is 0 Å². The summed E-state index contributed by atoms with van der Waals surface area (Å²) in [5.41, 5.74) is 11.7. The maximum Gasteiger partial charge on any atom is 0.326 e. The third-order valence-corrected chi connectivity index (χ3v) is 6.10. The highest BCUT2D eigenvalue weighted by Crippen LogP contribution is 2.08. The van der Waals surface area contributed by atoms with Crippen LogP contribution in [0.4, 0.5) is 0 Å². The molecule has 0 aromatic heterocycles. The lowest BCUT2D eigenvalue weighted by atomic mass is 10.0. The van der Waals surface area contributed by atoms with Crippen LogP contribution in [-0.2, 0) is 35.2 Å². The second-order valence-electron chi connectivity index (χ2n) is 8.54. The average Bonchev–Trinajstić information content (AvgIpc) is 2.86. The Bertz CT molecular complexity index is 978. The number of carboxylic acid groups (broad SMARTS) is 2. The van der Waals surface area contributed by atoms with E-state index >= 15 is 0 Å². The van der Waals surface area contributed by atoms with Crippen LogP contribution in [-0.4, -0.2) is 82.0 Å². The normalized spacial score (nSPS) is 13.8. The molecule has 9 N–H and O–H groups in total. The van der Waals surface area contributed by atoms with E-state index in [1.165, 1.54) is 11.8 Å². The molecule has 0 aliphatic heterocycles. The summed E-state index contributed by atoms with van der Waals surface area (Å²) in [6.45, 7) is 0. The van der Waals surface area contributed by atoms with Gasteiger partial charge in [0.05, 0.1) is 6.04 Å². The van der Waals surface area contributed by atoms with Gasteiger partial charge < -0.3 is 37.6 Å². The van der Waals surface area contributed by atoms with Crippen molar-refractivity contribution in [3.63, 3.8) is 0 Å². The fourth-order valence-electron chi connectivity index (χ4n) is 3.34. The number of carbonyl (C=O) groups is 6. The minimum absolute atomic E-state index is 0.0343. The number of carbonyl (C=O) groups excluding carboxylic acids is 4. The molecule has 0 bridgehead atoms. The molecule has 13 nitrogen and oxygen atoms in total. The minimum atomic E-state index is -1.51. The largest absolute Gasteiger partial charge is 0.481 e. The van der Waals surface area contributed by atoms with Crippen LogP contribution in [0.2, 0.25) is 0 Å². The highest BCUT2D eigenvalue weighted by Gasteiger charge is 2.31. The van der Waals surface area contributed by atoms with E-state index in [1.807, 2.05) is 6.26 Å². The van der Waals surface area contributed by atoms with E-state index in [-0.39, 0.29) is 25.7 Å². The third-order valence-electron chi connectivity index (χ3n) is 5.46. The smallest absolute Gasteiger partial charge is 0.326 e. The monoisotopic (exact) mass is 553 g/mol. The van der Waals surface area contributed by atoms with Crippen LogP contribution in [0.15, 0.2) is 30.3 Å². The molecule has 0 saturated carbocycles. The Morgan fingerprint density at radius 1 is 0.816 bits per heavy atom. The predicted octanol–water partition coefficient (Wildman–Crippen LogP) is -1.02. The quantitative estimate of drug-likeness (QED) is 0.117. The van der Waals surface area contributed by atoms with Crippen LogP contribution >= 0.6 is 11.8 Å². The summed E-state index contributed by atoms with van der Waals surface area (Å²) in [4.78, 5) is 72.5. The number of nitrogens with two attached hydrogens (primary N) is 2. The fraction of sp³-hybridized carbons (Fsp3) is 0.500. The Labute approximate surface area is 224 Å². The summed E-state index contributed by atoms with van der Waals surface area (Å²) >= 11 is 1.49. The number of aliphatic carboxylic acids is 2. The van der Waals surface area contributed by atoms with Crippen LogP contribution in [0.3, 0.4) is 0 Å². The Kier molecular flexibility index (Phi) is 14.5. The van der Waals surface area contributed by atoms with Gasteiger partial charge in [-0.2, -0.15) is 11.8 Å². The molecule has 38 heavy (non-hydrogen) atoms. The fourth-order valence-corrected chi connectivity index (χ4v) is 3.83. The van der Waals surface area contributed by atoms with E-state index in [2.05, 4.69) is 16.0 Å². The topological polar surface area (TPSA) is 231 Å². The van der Waals surface area contributed by atoms with Gasteiger partial charge >= 0.3 is 11.9 Å². The summed E-state index contributed by atoms with van der Waals surface area (Å²) in [5.74, 6) is -5.05. The van der Waals surface area contributed by atoms with Gasteiger partial charge in [-0.3, -0.25) is 24.0 Å². The second-order valence-corrected chi connectivity index (χ2v) is 9.52. The number of rotatable bonds is 18. The Balaban J connectivity index is 3.12. The van der Waals surface area contributed by atoms with E-state index in [4.69, 9.17) is 16.6 Å². The van der Waals surface area contributed by atoms with Crippen LogP contribution in [0, 0.1) is 0 Å². The van der Waals surface area contributed by atoms with E-state index in [0.717, 1.165) is 0 Å². The number of carboxylic acids is 2. The predicted molar refractivity (Wildman–Crippen MR) is 140 cm³/mol. The number of amides is 4. The van der Waals surface area contributed by atoms with Crippen molar-refractivity contribution in [2.24, 2.45) is 11.5 Å². The van der Waals surface area contributed by atoms with Crippen LogP contribution < -0.4 is 27.4 Å². The lowest BCUT2D eigenvalue weighted by molar-refractivity contribution is -0.143. The molecule has 1 aromatic carbocycles. The number of hydrogen-bond acceptors (Lipinski definition) is 8. The first-order chi connectivity index (χ1) is 17.9. The number of hydrogen-bond donors (Lipinski definition) is 7. The molecule has 4 atom stereocenters. The van der Waals surface area contributed by atoms with Gasteiger partial charge in [-0.1, -0.05) is 30.3 Å². The van der Waals surface area contributed by atoms with Gasteiger partial charge in [0, 0.05) is 19.3 Å². The SMILES string of the molecule is CSCCC(N)C(=O)NC(CCC(N)=O)C(=O)NC(Cc1ccccc1)C(=O)NC(CCC(=O)O)C(=O)O. The van der Waals surface area contributed by atoms with Crippen molar-refractivity contribution in [2.45, 2.75) is 62.7 Å². The number of thioether (sulfide) groups is 1. The molecular weight excluding hydrogens is 518 g/mol. The van der Waals surface area contributed by atoms with Gasteiger partial charge in [0.15, 0.2) is 0 Å². The first kappa shape index (κ1) is 32.4. The van der Waals surface area contributed by atoms with Gasteiger partial charge in [0.2, 0.25) is 23.6 Å². The molecule has 1 aromatic rings. The third kappa shape index (κ3) is 12.5. The van der Waals surface area contributed by atoms with Crippen molar-refractivity contribution in [2.75, 3.05) is 12.0 Å². The van der Waals surface area contributed by atoms with E-state index < -0.39 is 66.2 Å². The molecule has 210 valence electrons. The first-order valence-corrected chi connectivity index (χ1v) is 13.3. The molecule has 0 fully saturated rings. The van der Waals surface area contributed by atoms with Crippen molar-refractivity contribution >= 4 is 47.3 Å².